The zero-order chi connectivity index (χ0) is 20.4. The minimum Gasteiger partial charge on any atom is -0.496 e. The van der Waals surface area contributed by atoms with Crippen LogP contribution >= 0.6 is 0 Å². The van der Waals surface area contributed by atoms with Crippen LogP contribution in [0.5, 0.6) is 5.75 Å². The van der Waals surface area contributed by atoms with Crippen molar-refractivity contribution in [3.05, 3.63) is 58.7 Å². The fourth-order valence-electron chi connectivity index (χ4n) is 2.93. The summed E-state index contributed by atoms with van der Waals surface area (Å²) in [4.78, 5) is 13.1. The molecule has 0 aliphatic carbocycles. The molecule has 27 heavy (non-hydrogen) atoms. The smallest absolute Gasteiger partial charge is 0.252 e. The van der Waals surface area contributed by atoms with Gasteiger partial charge in [-0.05, 0) is 60.7 Å². The number of carbonyl (C=O) groups excluding carboxylic acids is 1. The fourth-order valence-corrected chi connectivity index (χ4v) is 3.56. The van der Waals surface area contributed by atoms with Crippen LogP contribution in [0.1, 0.15) is 59.8 Å². The maximum Gasteiger partial charge on any atom is 0.252 e. The fraction of sp³-hybridized carbons (Fsp3) is 0.381. The van der Waals surface area contributed by atoms with E-state index in [-0.39, 0.29) is 22.8 Å². The van der Waals surface area contributed by atoms with Gasteiger partial charge in [0.25, 0.3) is 5.91 Å². The van der Waals surface area contributed by atoms with Crippen molar-refractivity contribution in [1.29, 1.82) is 0 Å². The molecule has 1 amide bonds. The van der Waals surface area contributed by atoms with Crippen LogP contribution in [0.4, 0.5) is 0 Å². The number of methoxy groups -OCH3 is 1. The summed E-state index contributed by atoms with van der Waals surface area (Å²) in [6.45, 7) is 7.87. The summed E-state index contributed by atoms with van der Waals surface area (Å²) in [5.41, 5.74) is 3.27. The van der Waals surface area contributed by atoms with Gasteiger partial charge in [0.2, 0.25) is 0 Å². The van der Waals surface area contributed by atoms with E-state index in [0.29, 0.717) is 5.56 Å². The lowest BCUT2D eigenvalue weighted by atomic mass is 9.96. The van der Waals surface area contributed by atoms with Crippen molar-refractivity contribution in [2.75, 3.05) is 13.4 Å². The van der Waals surface area contributed by atoms with E-state index in [0.717, 1.165) is 22.4 Å². The number of sulfone groups is 1. The Morgan fingerprint density at radius 1 is 1.07 bits per heavy atom. The van der Waals surface area contributed by atoms with Gasteiger partial charge in [-0.25, -0.2) is 8.42 Å². The van der Waals surface area contributed by atoms with Crippen molar-refractivity contribution in [3.8, 4) is 5.75 Å². The maximum atomic E-state index is 12.8. The summed E-state index contributed by atoms with van der Waals surface area (Å²) in [6, 6.07) is 10.1. The predicted octanol–water partition coefficient (Wildman–Crippen LogP) is 4.02. The third kappa shape index (κ3) is 4.89. The number of nitrogens with one attached hydrogen (secondary N) is 1. The van der Waals surface area contributed by atoms with Crippen LogP contribution in [0.3, 0.4) is 0 Å². The van der Waals surface area contributed by atoms with Crippen LogP contribution in [0.2, 0.25) is 0 Å². The second kappa shape index (κ2) is 8.13. The summed E-state index contributed by atoms with van der Waals surface area (Å²) in [6.07, 6.45) is 1.17. The Morgan fingerprint density at radius 3 is 2.15 bits per heavy atom. The molecule has 0 radical (unpaired) electrons. The van der Waals surface area contributed by atoms with Crippen molar-refractivity contribution in [2.45, 2.75) is 44.6 Å². The lowest BCUT2D eigenvalue weighted by molar-refractivity contribution is 0.0939. The first-order valence-corrected chi connectivity index (χ1v) is 10.7. The zero-order valence-corrected chi connectivity index (χ0v) is 17.5. The minimum atomic E-state index is -3.24. The highest BCUT2D eigenvalue weighted by molar-refractivity contribution is 7.90. The Morgan fingerprint density at radius 2 is 1.67 bits per heavy atom. The molecule has 2 aromatic rings. The molecule has 0 heterocycles. The Kier molecular flexibility index (Phi) is 6.31. The van der Waals surface area contributed by atoms with Gasteiger partial charge in [0, 0.05) is 11.8 Å². The molecule has 146 valence electrons. The molecular formula is C21H27NO4S. The summed E-state index contributed by atoms with van der Waals surface area (Å²) in [5, 5.41) is 2.99. The molecule has 2 aromatic carbocycles. The van der Waals surface area contributed by atoms with Gasteiger partial charge in [-0.3, -0.25) is 4.79 Å². The molecule has 0 bridgehead atoms. The Labute approximate surface area is 161 Å². The molecule has 1 atom stereocenters. The van der Waals surface area contributed by atoms with Gasteiger partial charge in [0.15, 0.2) is 9.84 Å². The van der Waals surface area contributed by atoms with Gasteiger partial charge >= 0.3 is 0 Å². The standard InChI is InChI=1S/C21H27NO4S/c1-13(2)18-12-19(14(3)11-20(18)26-5)21(23)22-15(4)16-7-9-17(10-8-16)27(6,24)25/h7-13,15H,1-6H3,(H,22,23)/t15-/m1/s1. The molecule has 0 aliphatic rings. The predicted molar refractivity (Wildman–Crippen MR) is 107 cm³/mol. The van der Waals surface area contributed by atoms with Crippen LogP contribution in [0, 0.1) is 6.92 Å². The molecule has 0 aliphatic heterocycles. The van der Waals surface area contributed by atoms with Crippen LogP contribution in [0.15, 0.2) is 41.3 Å². The monoisotopic (exact) mass is 389 g/mol. The lowest BCUT2D eigenvalue weighted by Crippen LogP contribution is -2.27. The van der Waals surface area contributed by atoms with Crippen molar-refractivity contribution in [1.82, 2.24) is 5.32 Å². The average molecular weight is 390 g/mol. The number of benzene rings is 2. The molecular weight excluding hydrogens is 362 g/mol. The van der Waals surface area contributed by atoms with Gasteiger partial charge in [-0.15, -0.1) is 0 Å². The number of carbonyl (C=O) groups is 1. The van der Waals surface area contributed by atoms with Crippen molar-refractivity contribution >= 4 is 15.7 Å². The molecule has 6 heteroatoms. The second-order valence-electron chi connectivity index (χ2n) is 7.10. The van der Waals surface area contributed by atoms with Crippen LogP contribution < -0.4 is 10.1 Å². The molecule has 0 unspecified atom stereocenters. The number of amides is 1. The number of hydrogen-bond donors (Lipinski definition) is 1. The van der Waals surface area contributed by atoms with Gasteiger partial charge in [-0.1, -0.05) is 26.0 Å². The number of ether oxygens (including phenoxy) is 1. The van der Waals surface area contributed by atoms with Gasteiger partial charge < -0.3 is 10.1 Å². The first kappa shape index (κ1) is 21.0. The van der Waals surface area contributed by atoms with Crippen LogP contribution in [0.25, 0.3) is 0 Å². The summed E-state index contributed by atoms with van der Waals surface area (Å²) < 4.78 is 28.6. The third-order valence-electron chi connectivity index (χ3n) is 4.60. The van der Waals surface area contributed by atoms with E-state index in [1.165, 1.54) is 6.26 Å². The molecule has 0 saturated carbocycles. The van der Waals surface area contributed by atoms with Gasteiger partial charge in [-0.2, -0.15) is 0 Å². The van der Waals surface area contributed by atoms with E-state index < -0.39 is 9.84 Å². The zero-order valence-electron chi connectivity index (χ0n) is 16.7. The van der Waals surface area contributed by atoms with E-state index in [4.69, 9.17) is 4.74 Å². The first-order valence-electron chi connectivity index (χ1n) is 8.84. The number of rotatable bonds is 6. The van der Waals surface area contributed by atoms with Crippen LogP contribution in [-0.4, -0.2) is 27.7 Å². The quantitative estimate of drug-likeness (QED) is 0.810. The molecule has 2 rings (SSSR count). The highest BCUT2D eigenvalue weighted by Gasteiger charge is 2.18. The summed E-state index contributed by atoms with van der Waals surface area (Å²) >= 11 is 0. The SMILES string of the molecule is COc1cc(C)c(C(=O)N[C@H](C)c2ccc(S(C)(=O)=O)cc2)cc1C(C)C. The van der Waals surface area contributed by atoms with E-state index in [1.807, 2.05) is 26.0 Å². The van der Waals surface area contributed by atoms with Crippen molar-refractivity contribution in [2.24, 2.45) is 0 Å². The summed E-state index contributed by atoms with van der Waals surface area (Å²) in [7, 11) is -1.61. The Balaban J connectivity index is 2.25. The Hall–Kier alpha value is -2.34. The van der Waals surface area contributed by atoms with Crippen molar-refractivity contribution in [3.63, 3.8) is 0 Å². The van der Waals surface area contributed by atoms with Gasteiger partial charge in [0.1, 0.15) is 5.75 Å². The average Bonchev–Trinajstić information content (AvgIpc) is 2.60. The van der Waals surface area contributed by atoms with E-state index in [2.05, 4.69) is 19.2 Å². The van der Waals surface area contributed by atoms with E-state index >= 15 is 0 Å². The van der Waals surface area contributed by atoms with E-state index in [1.54, 1.807) is 31.4 Å². The Bertz CT molecular complexity index is 931. The topological polar surface area (TPSA) is 72.5 Å². The van der Waals surface area contributed by atoms with Crippen LogP contribution in [-0.2, 0) is 9.84 Å². The minimum absolute atomic E-state index is 0.170. The van der Waals surface area contributed by atoms with Gasteiger partial charge in [0.05, 0.1) is 18.0 Å². The number of hydrogen-bond acceptors (Lipinski definition) is 4. The van der Waals surface area contributed by atoms with E-state index in [9.17, 15) is 13.2 Å². The highest BCUT2D eigenvalue weighted by Crippen LogP contribution is 2.30. The molecule has 0 spiro atoms. The number of aryl methyl sites for hydroxylation is 1. The normalized spacial score (nSPS) is 12.7. The summed E-state index contributed by atoms with van der Waals surface area (Å²) in [5.74, 6) is 0.841. The largest absolute Gasteiger partial charge is 0.496 e. The molecule has 5 nitrogen and oxygen atoms in total. The molecule has 0 aromatic heterocycles. The third-order valence-corrected chi connectivity index (χ3v) is 5.73. The second-order valence-corrected chi connectivity index (χ2v) is 9.12. The maximum absolute atomic E-state index is 12.8. The first-order chi connectivity index (χ1) is 12.5. The molecule has 0 saturated heterocycles. The van der Waals surface area contributed by atoms with Crippen molar-refractivity contribution < 1.29 is 17.9 Å². The molecule has 1 N–H and O–H groups in total. The highest BCUT2D eigenvalue weighted by atomic mass is 32.2. The lowest BCUT2D eigenvalue weighted by Gasteiger charge is -2.18. The molecule has 0 fully saturated rings.